The van der Waals surface area contributed by atoms with Crippen molar-refractivity contribution in [2.24, 2.45) is 5.92 Å². The van der Waals surface area contributed by atoms with Crippen LogP contribution in [0.3, 0.4) is 0 Å². The van der Waals surface area contributed by atoms with Gasteiger partial charge in [-0.3, -0.25) is 10.1 Å². The minimum absolute atomic E-state index is 0.113. The summed E-state index contributed by atoms with van der Waals surface area (Å²) in [4.78, 5) is 16.9. The fraction of sp³-hybridized carbons (Fsp3) is 0.462. The van der Waals surface area contributed by atoms with E-state index in [9.17, 15) is 4.79 Å². The molecule has 1 unspecified atom stereocenters. The first kappa shape index (κ1) is 14.7. The Morgan fingerprint density at radius 1 is 1.55 bits per heavy atom. The van der Waals surface area contributed by atoms with Gasteiger partial charge < -0.3 is 9.26 Å². The number of hydrogen-bond acceptors (Lipinski definition) is 7. The number of aromatic nitrogens is 2. The molecular formula is C13H17N3O3S. The molecule has 20 heavy (non-hydrogen) atoms. The Balaban J connectivity index is 1.98. The highest BCUT2D eigenvalue weighted by molar-refractivity contribution is 7.13. The molecule has 108 valence electrons. The quantitative estimate of drug-likeness (QED) is 0.822. The van der Waals surface area contributed by atoms with E-state index in [0.29, 0.717) is 18.3 Å². The van der Waals surface area contributed by atoms with Crippen LogP contribution in [0.25, 0.3) is 10.7 Å². The smallest absolute Gasteiger partial charge is 0.323 e. The Bertz CT molecular complexity index is 551. The zero-order valence-corrected chi connectivity index (χ0v) is 12.4. The van der Waals surface area contributed by atoms with Crippen LogP contribution < -0.4 is 5.32 Å². The molecule has 2 rings (SSSR count). The van der Waals surface area contributed by atoms with E-state index in [1.165, 1.54) is 7.11 Å². The first-order valence-electron chi connectivity index (χ1n) is 6.29. The van der Waals surface area contributed by atoms with Gasteiger partial charge in [0.1, 0.15) is 6.04 Å². The standard InChI is InChI=1S/C13H17N3O3S/c1-8(2)11(13(17)18-3)14-7-10-15-12(16-19-10)9-5-4-6-20-9/h4-6,8,11,14H,7H2,1-3H3. The second kappa shape index (κ2) is 6.62. The number of methoxy groups -OCH3 is 1. The van der Waals surface area contributed by atoms with E-state index in [4.69, 9.17) is 9.26 Å². The predicted molar refractivity (Wildman–Crippen MR) is 75.1 cm³/mol. The maximum Gasteiger partial charge on any atom is 0.323 e. The number of esters is 1. The normalized spacial score (nSPS) is 12.6. The van der Waals surface area contributed by atoms with E-state index in [1.54, 1.807) is 11.3 Å². The molecule has 0 fully saturated rings. The van der Waals surface area contributed by atoms with Gasteiger partial charge in [-0.15, -0.1) is 11.3 Å². The van der Waals surface area contributed by atoms with Crippen molar-refractivity contribution in [3.63, 3.8) is 0 Å². The molecule has 7 heteroatoms. The average Bonchev–Trinajstić information content (AvgIpc) is 3.08. The van der Waals surface area contributed by atoms with Crippen molar-refractivity contribution in [2.45, 2.75) is 26.4 Å². The van der Waals surface area contributed by atoms with E-state index in [-0.39, 0.29) is 11.9 Å². The van der Waals surface area contributed by atoms with Crippen molar-refractivity contribution in [1.29, 1.82) is 0 Å². The van der Waals surface area contributed by atoms with Crippen LogP contribution >= 0.6 is 11.3 Å². The van der Waals surface area contributed by atoms with E-state index in [1.807, 2.05) is 31.4 Å². The van der Waals surface area contributed by atoms with Gasteiger partial charge in [-0.1, -0.05) is 25.1 Å². The summed E-state index contributed by atoms with van der Waals surface area (Å²) in [7, 11) is 1.38. The van der Waals surface area contributed by atoms with Gasteiger partial charge in [-0.2, -0.15) is 4.98 Å². The maximum absolute atomic E-state index is 11.6. The fourth-order valence-electron chi connectivity index (χ4n) is 1.75. The van der Waals surface area contributed by atoms with Crippen molar-refractivity contribution in [1.82, 2.24) is 15.5 Å². The highest BCUT2D eigenvalue weighted by Crippen LogP contribution is 2.21. The van der Waals surface area contributed by atoms with Crippen molar-refractivity contribution >= 4 is 17.3 Å². The average molecular weight is 295 g/mol. The largest absolute Gasteiger partial charge is 0.468 e. The lowest BCUT2D eigenvalue weighted by Gasteiger charge is -2.18. The van der Waals surface area contributed by atoms with Gasteiger partial charge in [0.2, 0.25) is 11.7 Å². The van der Waals surface area contributed by atoms with Crippen molar-refractivity contribution in [2.75, 3.05) is 7.11 Å². The second-order valence-electron chi connectivity index (χ2n) is 4.61. The minimum Gasteiger partial charge on any atom is -0.468 e. The van der Waals surface area contributed by atoms with Gasteiger partial charge in [-0.05, 0) is 17.4 Å². The number of ether oxygens (including phenoxy) is 1. The number of thiophene rings is 1. The molecule has 0 spiro atoms. The summed E-state index contributed by atoms with van der Waals surface area (Å²) in [5.74, 6) is 0.832. The SMILES string of the molecule is COC(=O)C(NCc1nc(-c2cccs2)no1)C(C)C. The van der Waals surface area contributed by atoms with Crippen LogP contribution in [0.2, 0.25) is 0 Å². The molecule has 0 radical (unpaired) electrons. The molecule has 0 aliphatic heterocycles. The predicted octanol–water partition coefficient (Wildman–Crippen LogP) is 2.09. The Morgan fingerprint density at radius 3 is 2.95 bits per heavy atom. The Morgan fingerprint density at radius 2 is 2.35 bits per heavy atom. The molecule has 2 heterocycles. The van der Waals surface area contributed by atoms with Gasteiger partial charge in [-0.25, -0.2) is 0 Å². The minimum atomic E-state index is -0.392. The molecule has 0 saturated carbocycles. The van der Waals surface area contributed by atoms with Gasteiger partial charge in [0.05, 0.1) is 18.5 Å². The lowest BCUT2D eigenvalue weighted by molar-refractivity contribution is -0.144. The molecule has 0 bridgehead atoms. The maximum atomic E-state index is 11.6. The number of carbonyl (C=O) groups excluding carboxylic acids is 1. The van der Waals surface area contributed by atoms with Crippen molar-refractivity contribution in [3.8, 4) is 10.7 Å². The molecule has 0 aromatic carbocycles. The molecule has 0 aliphatic carbocycles. The summed E-state index contributed by atoms with van der Waals surface area (Å²) in [6, 6.07) is 3.47. The number of carbonyl (C=O) groups is 1. The first-order valence-corrected chi connectivity index (χ1v) is 7.17. The molecule has 0 saturated heterocycles. The van der Waals surface area contributed by atoms with Crippen LogP contribution in [0.15, 0.2) is 22.0 Å². The summed E-state index contributed by atoms with van der Waals surface area (Å²) in [5, 5.41) is 8.95. The number of rotatable bonds is 6. The van der Waals surface area contributed by atoms with Crippen LogP contribution in [0.1, 0.15) is 19.7 Å². The van der Waals surface area contributed by atoms with Crippen LogP contribution in [0.5, 0.6) is 0 Å². The molecular weight excluding hydrogens is 278 g/mol. The van der Waals surface area contributed by atoms with Crippen molar-refractivity contribution in [3.05, 3.63) is 23.4 Å². The van der Waals surface area contributed by atoms with Crippen LogP contribution in [0, 0.1) is 5.92 Å². The van der Waals surface area contributed by atoms with Gasteiger partial charge in [0.25, 0.3) is 0 Å². The highest BCUT2D eigenvalue weighted by Gasteiger charge is 2.23. The van der Waals surface area contributed by atoms with Crippen LogP contribution in [-0.2, 0) is 16.1 Å². The van der Waals surface area contributed by atoms with Gasteiger partial charge >= 0.3 is 5.97 Å². The van der Waals surface area contributed by atoms with Gasteiger partial charge in [0.15, 0.2) is 0 Å². The third-order valence-corrected chi connectivity index (χ3v) is 3.67. The van der Waals surface area contributed by atoms with E-state index < -0.39 is 6.04 Å². The third kappa shape index (κ3) is 3.43. The van der Waals surface area contributed by atoms with Gasteiger partial charge in [0, 0.05) is 0 Å². The van der Waals surface area contributed by atoms with Crippen LogP contribution in [0.4, 0.5) is 0 Å². The third-order valence-electron chi connectivity index (χ3n) is 2.80. The lowest BCUT2D eigenvalue weighted by Crippen LogP contribution is -2.41. The molecule has 2 aromatic heterocycles. The van der Waals surface area contributed by atoms with E-state index in [0.717, 1.165) is 4.88 Å². The Labute approximate surface area is 121 Å². The molecule has 2 aromatic rings. The fourth-order valence-corrected chi connectivity index (χ4v) is 2.40. The summed E-state index contributed by atoms with van der Waals surface area (Å²) in [5.41, 5.74) is 0. The molecule has 6 nitrogen and oxygen atoms in total. The molecule has 0 aliphatic rings. The molecule has 0 amide bonds. The lowest BCUT2D eigenvalue weighted by atomic mass is 10.1. The first-order chi connectivity index (χ1) is 9.61. The zero-order valence-electron chi connectivity index (χ0n) is 11.6. The Hall–Kier alpha value is -1.73. The number of nitrogens with zero attached hydrogens (tertiary/aromatic N) is 2. The number of nitrogens with one attached hydrogen (secondary N) is 1. The summed E-state index contributed by atoms with van der Waals surface area (Å²) >= 11 is 1.55. The monoisotopic (exact) mass is 295 g/mol. The van der Waals surface area contributed by atoms with E-state index in [2.05, 4.69) is 15.5 Å². The molecule has 1 atom stereocenters. The second-order valence-corrected chi connectivity index (χ2v) is 5.56. The summed E-state index contributed by atoms with van der Waals surface area (Å²) in [6.45, 7) is 4.22. The summed E-state index contributed by atoms with van der Waals surface area (Å²) in [6.07, 6.45) is 0. The topological polar surface area (TPSA) is 77.2 Å². The highest BCUT2D eigenvalue weighted by atomic mass is 32.1. The summed E-state index contributed by atoms with van der Waals surface area (Å²) < 4.78 is 9.92. The Kier molecular flexibility index (Phi) is 4.86. The van der Waals surface area contributed by atoms with Crippen LogP contribution in [-0.4, -0.2) is 29.3 Å². The number of hydrogen-bond donors (Lipinski definition) is 1. The van der Waals surface area contributed by atoms with E-state index >= 15 is 0 Å². The van der Waals surface area contributed by atoms with Crippen molar-refractivity contribution < 1.29 is 14.1 Å². The molecule has 1 N–H and O–H groups in total. The zero-order chi connectivity index (χ0) is 14.5.